The Balaban J connectivity index is 2.06. The van der Waals surface area contributed by atoms with Crippen LogP contribution in [0.4, 0.5) is 0 Å². The fourth-order valence-corrected chi connectivity index (χ4v) is 1.85. The number of ether oxygens (including phenoxy) is 1. The summed E-state index contributed by atoms with van der Waals surface area (Å²) in [5.41, 5.74) is 0. The van der Waals surface area contributed by atoms with Gasteiger partial charge in [-0.3, -0.25) is 4.79 Å². The summed E-state index contributed by atoms with van der Waals surface area (Å²) in [4.78, 5) is 10.9. The first-order valence-corrected chi connectivity index (χ1v) is 4.17. The Labute approximate surface area is 66.2 Å². The molecule has 1 fully saturated rings. The Hall–Kier alpha value is -0.790. The van der Waals surface area contributed by atoms with Gasteiger partial charge in [-0.1, -0.05) is 12.2 Å². The summed E-state index contributed by atoms with van der Waals surface area (Å²) in [7, 11) is 0. The maximum atomic E-state index is 10.9. The van der Waals surface area contributed by atoms with E-state index in [1.807, 2.05) is 0 Å². The second-order valence-electron chi connectivity index (χ2n) is 3.35. The van der Waals surface area contributed by atoms with Gasteiger partial charge >= 0.3 is 5.97 Å². The molecule has 2 atom stereocenters. The molecule has 11 heavy (non-hydrogen) atoms. The van der Waals surface area contributed by atoms with Gasteiger partial charge in [0.15, 0.2) is 0 Å². The van der Waals surface area contributed by atoms with Gasteiger partial charge in [0, 0.05) is 12.3 Å². The lowest BCUT2D eigenvalue weighted by Crippen LogP contribution is -2.31. The fraction of sp³-hybridized carbons (Fsp3) is 0.667. The van der Waals surface area contributed by atoms with E-state index in [1.165, 1.54) is 0 Å². The second kappa shape index (κ2) is 2.68. The molecule has 1 saturated heterocycles. The zero-order valence-corrected chi connectivity index (χ0v) is 6.45. The Morgan fingerprint density at radius 1 is 1.27 bits per heavy atom. The van der Waals surface area contributed by atoms with Crippen LogP contribution in [-0.2, 0) is 9.53 Å². The first-order valence-electron chi connectivity index (χ1n) is 4.17. The van der Waals surface area contributed by atoms with E-state index >= 15 is 0 Å². The second-order valence-corrected chi connectivity index (χ2v) is 3.35. The zero-order valence-electron chi connectivity index (χ0n) is 6.45. The molecule has 0 aromatic heterocycles. The number of hydrogen-bond donors (Lipinski definition) is 0. The van der Waals surface area contributed by atoms with Crippen molar-refractivity contribution in [2.24, 2.45) is 11.8 Å². The van der Waals surface area contributed by atoms with E-state index in [0.717, 1.165) is 12.8 Å². The van der Waals surface area contributed by atoms with Crippen LogP contribution in [0.2, 0.25) is 0 Å². The van der Waals surface area contributed by atoms with Crippen LogP contribution in [0.15, 0.2) is 12.2 Å². The highest BCUT2D eigenvalue weighted by molar-refractivity contribution is 5.70. The largest absolute Gasteiger partial charge is 0.465 e. The third kappa shape index (κ3) is 1.30. The van der Waals surface area contributed by atoms with Crippen molar-refractivity contribution in [1.29, 1.82) is 0 Å². The molecule has 60 valence electrons. The maximum Gasteiger partial charge on any atom is 0.306 e. The van der Waals surface area contributed by atoms with Crippen LogP contribution in [0.5, 0.6) is 0 Å². The lowest BCUT2D eigenvalue weighted by Gasteiger charge is -2.31. The molecule has 0 unspecified atom stereocenters. The topological polar surface area (TPSA) is 26.3 Å². The van der Waals surface area contributed by atoms with Gasteiger partial charge < -0.3 is 4.74 Å². The number of allylic oxidation sites excluding steroid dienone is 2. The highest BCUT2D eigenvalue weighted by Gasteiger charge is 2.30. The third-order valence-electron chi connectivity index (χ3n) is 2.60. The molecule has 0 aromatic carbocycles. The number of carbonyl (C=O) groups is 1. The summed E-state index contributed by atoms with van der Waals surface area (Å²) in [5, 5.41) is 0. The SMILES string of the molecule is O=C1C[C@H]2CC=CC[C@@H]2CO1. The van der Waals surface area contributed by atoms with Crippen molar-refractivity contribution < 1.29 is 9.53 Å². The summed E-state index contributed by atoms with van der Waals surface area (Å²) in [6.07, 6.45) is 7.17. The highest BCUT2D eigenvalue weighted by Crippen LogP contribution is 2.31. The summed E-state index contributed by atoms with van der Waals surface area (Å²) < 4.78 is 4.97. The van der Waals surface area contributed by atoms with Gasteiger partial charge in [0.1, 0.15) is 0 Å². The Kier molecular flexibility index (Phi) is 1.68. The van der Waals surface area contributed by atoms with Crippen molar-refractivity contribution in [2.45, 2.75) is 19.3 Å². The smallest absolute Gasteiger partial charge is 0.306 e. The molecule has 0 saturated carbocycles. The van der Waals surface area contributed by atoms with Crippen molar-refractivity contribution >= 4 is 5.97 Å². The van der Waals surface area contributed by atoms with Gasteiger partial charge in [-0.25, -0.2) is 0 Å². The lowest BCUT2D eigenvalue weighted by molar-refractivity contribution is -0.152. The summed E-state index contributed by atoms with van der Waals surface area (Å²) in [6, 6.07) is 0. The van der Waals surface area contributed by atoms with E-state index in [4.69, 9.17) is 4.74 Å². The van der Waals surface area contributed by atoms with Crippen LogP contribution < -0.4 is 0 Å². The van der Waals surface area contributed by atoms with Crippen LogP contribution in [-0.4, -0.2) is 12.6 Å². The van der Waals surface area contributed by atoms with Crippen molar-refractivity contribution in [3.8, 4) is 0 Å². The molecule has 2 nitrogen and oxygen atoms in total. The van der Waals surface area contributed by atoms with Crippen molar-refractivity contribution in [3.63, 3.8) is 0 Å². The molecule has 2 rings (SSSR count). The molecule has 2 aliphatic rings. The van der Waals surface area contributed by atoms with Gasteiger partial charge in [-0.05, 0) is 18.8 Å². The van der Waals surface area contributed by atoms with Crippen molar-refractivity contribution in [2.75, 3.05) is 6.61 Å². The third-order valence-corrected chi connectivity index (χ3v) is 2.60. The minimum atomic E-state index is -0.0125. The summed E-state index contributed by atoms with van der Waals surface area (Å²) in [5.74, 6) is 1.17. The quantitative estimate of drug-likeness (QED) is 0.388. The van der Waals surface area contributed by atoms with Gasteiger partial charge in [-0.2, -0.15) is 0 Å². The van der Waals surface area contributed by atoms with Gasteiger partial charge in [-0.15, -0.1) is 0 Å². The van der Waals surface area contributed by atoms with Gasteiger partial charge in [0.2, 0.25) is 0 Å². The van der Waals surface area contributed by atoms with E-state index in [0.29, 0.717) is 24.9 Å². The van der Waals surface area contributed by atoms with E-state index in [-0.39, 0.29) is 5.97 Å². The van der Waals surface area contributed by atoms with Crippen molar-refractivity contribution in [3.05, 3.63) is 12.2 Å². The van der Waals surface area contributed by atoms with Crippen molar-refractivity contribution in [1.82, 2.24) is 0 Å². The zero-order chi connectivity index (χ0) is 7.68. The predicted molar refractivity (Wildman–Crippen MR) is 40.9 cm³/mol. The molecule has 0 radical (unpaired) electrons. The number of fused-ring (bicyclic) bond motifs is 1. The fourth-order valence-electron chi connectivity index (χ4n) is 1.85. The van der Waals surface area contributed by atoms with E-state index in [9.17, 15) is 4.79 Å². The first-order chi connectivity index (χ1) is 5.36. The molecule has 0 aromatic rings. The van der Waals surface area contributed by atoms with Crippen LogP contribution in [0.3, 0.4) is 0 Å². The predicted octanol–water partition coefficient (Wildman–Crippen LogP) is 1.52. The molecule has 0 N–H and O–H groups in total. The average molecular weight is 152 g/mol. The maximum absolute atomic E-state index is 10.9. The molecule has 1 aliphatic carbocycles. The minimum Gasteiger partial charge on any atom is -0.465 e. The van der Waals surface area contributed by atoms with E-state index in [1.54, 1.807) is 0 Å². The van der Waals surface area contributed by atoms with Crippen LogP contribution >= 0.6 is 0 Å². The Morgan fingerprint density at radius 2 is 2.00 bits per heavy atom. The monoisotopic (exact) mass is 152 g/mol. The average Bonchev–Trinajstić information content (AvgIpc) is 2.04. The number of rotatable bonds is 0. The lowest BCUT2D eigenvalue weighted by atomic mass is 9.80. The Morgan fingerprint density at radius 3 is 2.82 bits per heavy atom. The van der Waals surface area contributed by atoms with Crippen LogP contribution in [0.25, 0.3) is 0 Å². The van der Waals surface area contributed by atoms with Gasteiger partial charge in [0.25, 0.3) is 0 Å². The molecule has 2 heteroatoms. The molecule has 1 heterocycles. The number of cyclic esters (lactones) is 1. The highest BCUT2D eigenvalue weighted by atomic mass is 16.5. The molecule has 1 aliphatic heterocycles. The molecule has 0 spiro atoms. The molecular formula is C9H12O2. The molecule has 0 amide bonds. The number of carbonyl (C=O) groups excluding carboxylic acids is 1. The van der Waals surface area contributed by atoms with Gasteiger partial charge in [0.05, 0.1) is 6.61 Å². The first kappa shape index (κ1) is 6.89. The standard InChI is InChI=1S/C9H12O2/c10-9-5-7-3-1-2-4-8(7)6-11-9/h1-2,7-8H,3-6H2/t7-,8-/m1/s1. The van der Waals surface area contributed by atoms with Crippen LogP contribution in [0, 0.1) is 11.8 Å². The number of esters is 1. The number of hydrogen-bond acceptors (Lipinski definition) is 2. The molecular weight excluding hydrogens is 140 g/mol. The van der Waals surface area contributed by atoms with E-state index in [2.05, 4.69) is 12.2 Å². The van der Waals surface area contributed by atoms with E-state index < -0.39 is 0 Å². The van der Waals surface area contributed by atoms with Crippen LogP contribution in [0.1, 0.15) is 19.3 Å². The Bertz CT molecular complexity index is 196. The molecule has 0 bridgehead atoms. The summed E-state index contributed by atoms with van der Waals surface area (Å²) in [6.45, 7) is 0.647. The normalized spacial score (nSPS) is 36.2. The minimum absolute atomic E-state index is 0.0125. The summed E-state index contributed by atoms with van der Waals surface area (Å²) >= 11 is 0.